The highest BCUT2D eigenvalue weighted by Crippen LogP contribution is 2.37. The summed E-state index contributed by atoms with van der Waals surface area (Å²) in [6.45, 7) is 4.27. The van der Waals surface area contributed by atoms with Crippen molar-refractivity contribution in [3.63, 3.8) is 0 Å². The number of aryl methyl sites for hydroxylation is 2. The van der Waals surface area contributed by atoms with Crippen LogP contribution in [0, 0.1) is 13.8 Å². The lowest BCUT2D eigenvalue weighted by atomic mass is 10.1. The van der Waals surface area contributed by atoms with E-state index in [-0.39, 0.29) is 24.6 Å². The van der Waals surface area contributed by atoms with Gasteiger partial charge in [-0.15, -0.1) is 0 Å². The SMILES string of the molecule is Cc1cccc(OCCNC(=O)C2CN(S(=O)(=O)c3ccccc3)c3cc(C)ccc3O2)c1. The van der Waals surface area contributed by atoms with Gasteiger partial charge in [0.1, 0.15) is 18.1 Å². The van der Waals surface area contributed by atoms with Gasteiger partial charge in [0.2, 0.25) is 0 Å². The van der Waals surface area contributed by atoms with Crippen molar-refractivity contribution < 1.29 is 22.7 Å². The van der Waals surface area contributed by atoms with Crippen molar-refractivity contribution in [2.24, 2.45) is 0 Å². The van der Waals surface area contributed by atoms with Gasteiger partial charge in [-0.2, -0.15) is 0 Å². The summed E-state index contributed by atoms with van der Waals surface area (Å²) < 4.78 is 39.6. The van der Waals surface area contributed by atoms with Crippen LogP contribution in [0.25, 0.3) is 0 Å². The van der Waals surface area contributed by atoms with Gasteiger partial charge in [-0.1, -0.05) is 36.4 Å². The number of benzene rings is 3. The number of ether oxygens (including phenoxy) is 2. The average molecular weight is 467 g/mol. The van der Waals surface area contributed by atoms with Crippen LogP contribution in [0.2, 0.25) is 0 Å². The Hall–Kier alpha value is -3.52. The number of anilines is 1. The van der Waals surface area contributed by atoms with Crippen molar-refractivity contribution in [1.29, 1.82) is 0 Å². The van der Waals surface area contributed by atoms with E-state index in [4.69, 9.17) is 9.47 Å². The highest BCUT2D eigenvalue weighted by molar-refractivity contribution is 7.92. The van der Waals surface area contributed by atoms with Crippen LogP contribution < -0.4 is 19.1 Å². The van der Waals surface area contributed by atoms with Crippen molar-refractivity contribution in [1.82, 2.24) is 5.32 Å². The fourth-order valence-corrected chi connectivity index (χ4v) is 5.10. The van der Waals surface area contributed by atoms with Gasteiger partial charge in [0.25, 0.3) is 15.9 Å². The molecule has 8 heteroatoms. The number of hydrogen-bond acceptors (Lipinski definition) is 5. The molecule has 7 nitrogen and oxygen atoms in total. The molecule has 1 aliphatic rings. The molecule has 0 bridgehead atoms. The van der Waals surface area contributed by atoms with Crippen molar-refractivity contribution in [3.05, 3.63) is 83.9 Å². The van der Waals surface area contributed by atoms with Gasteiger partial charge < -0.3 is 14.8 Å². The summed E-state index contributed by atoms with van der Waals surface area (Å²) in [5, 5.41) is 2.78. The maximum absolute atomic E-state index is 13.4. The molecule has 1 heterocycles. The number of amides is 1. The van der Waals surface area contributed by atoms with Crippen LogP contribution in [0.3, 0.4) is 0 Å². The molecule has 1 atom stereocenters. The van der Waals surface area contributed by atoms with Crippen LogP contribution in [0.1, 0.15) is 11.1 Å². The van der Waals surface area contributed by atoms with Crippen LogP contribution in [0.5, 0.6) is 11.5 Å². The standard InChI is InChI=1S/C25H26N2O5S/c1-18-7-6-8-20(15-18)31-14-13-26-25(28)24-17-27(22-16-19(2)11-12-23(22)32-24)33(29,30)21-9-4-3-5-10-21/h3-12,15-16,24H,13-14,17H2,1-2H3,(H,26,28). The second-order valence-electron chi connectivity index (χ2n) is 7.88. The zero-order valence-corrected chi connectivity index (χ0v) is 19.3. The lowest BCUT2D eigenvalue weighted by molar-refractivity contribution is -0.127. The molecule has 1 amide bonds. The third-order valence-electron chi connectivity index (χ3n) is 5.27. The number of carbonyl (C=O) groups excluding carboxylic acids is 1. The maximum Gasteiger partial charge on any atom is 0.264 e. The quantitative estimate of drug-likeness (QED) is 0.539. The molecule has 0 aliphatic carbocycles. The van der Waals surface area contributed by atoms with Crippen molar-refractivity contribution >= 4 is 21.6 Å². The second-order valence-corrected chi connectivity index (χ2v) is 9.75. The first-order valence-corrected chi connectivity index (χ1v) is 12.1. The van der Waals surface area contributed by atoms with E-state index in [1.165, 1.54) is 16.4 Å². The monoisotopic (exact) mass is 466 g/mol. The van der Waals surface area contributed by atoms with Crippen LogP contribution in [0.15, 0.2) is 77.7 Å². The van der Waals surface area contributed by atoms with Crippen molar-refractivity contribution in [3.8, 4) is 11.5 Å². The summed E-state index contributed by atoms with van der Waals surface area (Å²) >= 11 is 0. The van der Waals surface area contributed by atoms with E-state index in [1.807, 2.05) is 44.2 Å². The third-order valence-corrected chi connectivity index (χ3v) is 7.06. The van der Waals surface area contributed by atoms with Gasteiger partial charge in [-0.05, 0) is 61.4 Å². The van der Waals surface area contributed by atoms with Gasteiger partial charge in [0.15, 0.2) is 6.10 Å². The molecule has 33 heavy (non-hydrogen) atoms. The summed E-state index contributed by atoms with van der Waals surface area (Å²) in [7, 11) is -3.88. The number of hydrogen-bond donors (Lipinski definition) is 1. The van der Waals surface area contributed by atoms with Crippen LogP contribution in [-0.2, 0) is 14.8 Å². The Morgan fingerprint density at radius 3 is 2.55 bits per heavy atom. The first-order chi connectivity index (χ1) is 15.8. The number of nitrogens with one attached hydrogen (secondary N) is 1. The van der Waals surface area contributed by atoms with Crippen LogP contribution >= 0.6 is 0 Å². The van der Waals surface area contributed by atoms with Gasteiger partial charge in [0.05, 0.1) is 23.7 Å². The van der Waals surface area contributed by atoms with Crippen molar-refractivity contribution in [2.75, 3.05) is 24.0 Å². The fraction of sp³-hybridized carbons (Fsp3) is 0.240. The van der Waals surface area contributed by atoms with Crippen molar-refractivity contribution in [2.45, 2.75) is 24.8 Å². The van der Waals surface area contributed by atoms with E-state index in [1.54, 1.807) is 30.3 Å². The zero-order valence-electron chi connectivity index (χ0n) is 18.5. The molecular weight excluding hydrogens is 440 g/mol. The van der Waals surface area contributed by atoms with E-state index in [2.05, 4.69) is 5.32 Å². The minimum absolute atomic E-state index is 0.127. The fourth-order valence-electron chi connectivity index (χ4n) is 3.61. The van der Waals surface area contributed by atoms with E-state index < -0.39 is 22.0 Å². The summed E-state index contributed by atoms with van der Waals surface area (Å²) in [6, 6.07) is 21.1. The lowest BCUT2D eigenvalue weighted by Crippen LogP contribution is -2.51. The summed E-state index contributed by atoms with van der Waals surface area (Å²) in [5.41, 5.74) is 2.40. The molecule has 0 saturated heterocycles. The Labute approximate surface area is 194 Å². The molecule has 0 saturated carbocycles. The molecular formula is C25H26N2O5S. The number of nitrogens with zero attached hydrogens (tertiary/aromatic N) is 1. The van der Waals surface area contributed by atoms with Crippen LogP contribution in [0.4, 0.5) is 5.69 Å². The molecule has 0 fully saturated rings. The second kappa shape index (κ2) is 9.54. The smallest absolute Gasteiger partial charge is 0.264 e. The molecule has 0 radical (unpaired) electrons. The van der Waals surface area contributed by atoms with Crippen LogP contribution in [-0.4, -0.2) is 40.1 Å². The maximum atomic E-state index is 13.4. The first-order valence-electron chi connectivity index (χ1n) is 10.7. The molecule has 1 aliphatic heterocycles. The Morgan fingerprint density at radius 2 is 1.79 bits per heavy atom. The highest BCUT2D eigenvalue weighted by Gasteiger charge is 2.37. The Kier molecular flexibility index (Phi) is 6.55. The van der Waals surface area contributed by atoms with E-state index in [0.29, 0.717) is 11.4 Å². The Morgan fingerprint density at radius 1 is 1.03 bits per heavy atom. The highest BCUT2D eigenvalue weighted by atomic mass is 32.2. The zero-order chi connectivity index (χ0) is 23.4. The Balaban J connectivity index is 1.48. The lowest BCUT2D eigenvalue weighted by Gasteiger charge is -2.35. The van der Waals surface area contributed by atoms with E-state index in [9.17, 15) is 13.2 Å². The molecule has 0 aromatic heterocycles. The molecule has 3 aromatic carbocycles. The number of sulfonamides is 1. The van der Waals surface area contributed by atoms with E-state index in [0.717, 1.165) is 16.9 Å². The largest absolute Gasteiger partial charge is 0.492 e. The van der Waals surface area contributed by atoms with Gasteiger partial charge in [0, 0.05) is 0 Å². The number of rotatable bonds is 7. The molecule has 1 N–H and O–H groups in total. The molecule has 0 spiro atoms. The Bertz CT molecular complexity index is 1240. The third kappa shape index (κ3) is 5.12. The van der Waals surface area contributed by atoms with E-state index >= 15 is 0 Å². The van der Waals surface area contributed by atoms with Gasteiger partial charge in [-0.25, -0.2) is 8.42 Å². The van der Waals surface area contributed by atoms with Gasteiger partial charge >= 0.3 is 0 Å². The first kappa shape index (κ1) is 22.7. The number of fused-ring (bicyclic) bond motifs is 1. The molecule has 3 aromatic rings. The minimum atomic E-state index is -3.88. The summed E-state index contributed by atoms with van der Waals surface area (Å²) in [5.74, 6) is 0.674. The number of carbonyl (C=O) groups is 1. The predicted octanol–water partition coefficient (Wildman–Crippen LogP) is 3.45. The molecule has 1 unspecified atom stereocenters. The summed E-state index contributed by atoms with van der Waals surface area (Å²) in [6.07, 6.45) is -0.988. The summed E-state index contributed by atoms with van der Waals surface area (Å²) in [4.78, 5) is 13.0. The normalized spacial score (nSPS) is 15.3. The predicted molar refractivity (Wildman–Crippen MR) is 126 cm³/mol. The topological polar surface area (TPSA) is 84.9 Å². The molecule has 172 valence electrons. The van der Waals surface area contributed by atoms with Gasteiger partial charge in [-0.3, -0.25) is 9.10 Å². The average Bonchev–Trinajstić information content (AvgIpc) is 2.81. The minimum Gasteiger partial charge on any atom is -0.492 e. The molecule has 4 rings (SSSR count).